The van der Waals surface area contributed by atoms with Crippen LogP contribution >= 0.6 is 11.6 Å². The summed E-state index contributed by atoms with van der Waals surface area (Å²) in [6.45, 7) is 1.87. The molecule has 8 heteroatoms. The second-order valence-electron chi connectivity index (χ2n) is 6.98. The van der Waals surface area contributed by atoms with Gasteiger partial charge in [0.2, 0.25) is 0 Å². The number of sulfonamides is 1. The maximum Gasteiger partial charge on any atom is 0.261 e. The molecule has 0 aliphatic carbocycles. The van der Waals surface area contributed by atoms with Crippen molar-refractivity contribution < 1.29 is 13.2 Å². The molecule has 0 radical (unpaired) electrons. The fourth-order valence-corrected chi connectivity index (χ4v) is 4.40. The van der Waals surface area contributed by atoms with E-state index in [0.29, 0.717) is 11.4 Å². The van der Waals surface area contributed by atoms with Gasteiger partial charge in [0.05, 0.1) is 21.0 Å². The van der Waals surface area contributed by atoms with E-state index in [1.54, 1.807) is 48.7 Å². The lowest BCUT2D eigenvalue weighted by molar-refractivity contribution is 0.102. The van der Waals surface area contributed by atoms with Gasteiger partial charge in [-0.15, -0.1) is 0 Å². The Hall–Kier alpha value is -3.42. The predicted octanol–water partition coefficient (Wildman–Crippen LogP) is 5.25. The molecule has 0 aliphatic rings. The summed E-state index contributed by atoms with van der Waals surface area (Å²) in [5, 5.41) is 3.77. The summed E-state index contributed by atoms with van der Waals surface area (Å²) in [6, 6.07) is 20.0. The maximum absolute atomic E-state index is 12.8. The van der Waals surface area contributed by atoms with Gasteiger partial charge in [0.1, 0.15) is 0 Å². The van der Waals surface area contributed by atoms with Crippen molar-refractivity contribution in [1.29, 1.82) is 0 Å². The van der Waals surface area contributed by atoms with Crippen molar-refractivity contribution in [3.05, 3.63) is 95.1 Å². The number of anilines is 2. The minimum absolute atomic E-state index is 0.0556. The summed E-state index contributed by atoms with van der Waals surface area (Å²) < 4.78 is 28.1. The van der Waals surface area contributed by atoms with Gasteiger partial charge in [-0.3, -0.25) is 14.5 Å². The first kappa shape index (κ1) is 20.8. The van der Waals surface area contributed by atoms with Gasteiger partial charge in [-0.1, -0.05) is 29.8 Å². The van der Waals surface area contributed by atoms with Crippen LogP contribution in [-0.2, 0) is 10.0 Å². The lowest BCUT2D eigenvalue weighted by Crippen LogP contribution is -2.16. The number of halogens is 1. The SMILES string of the molecule is Cc1cccc(NS(=O)(=O)c2ccc(Cl)c(C(=O)Nc3ccc4ncccc4c3)c2)c1. The quantitative estimate of drug-likeness (QED) is 0.433. The number of nitrogens with zero attached hydrogens (tertiary/aromatic N) is 1. The predicted molar refractivity (Wildman–Crippen MR) is 123 cm³/mol. The fourth-order valence-electron chi connectivity index (χ4n) is 3.12. The summed E-state index contributed by atoms with van der Waals surface area (Å²) >= 11 is 6.20. The second kappa shape index (κ2) is 8.37. The van der Waals surface area contributed by atoms with E-state index in [2.05, 4.69) is 15.0 Å². The summed E-state index contributed by atoms with van der Waals surface area (Å²) in [4.78, 5) is 17.0. The first-order valence-electron chi connectivity index (χ1n) is 9.37. The standard InChI is InChI=1S/C23H18ClN3O3S/c1-15-4-2-6-18(12-15)27-31(29,30)19-8-9-21(24)20(14-19)23(28)26-17-7-10-22-16(13-17)5-3-11-25-22/h2-14,27H,1H3,(H,26,28). The molecule has 6 nitrogen and oxygen atoms in total. The highest BCUT2D eigenvalue weighted by atomic mass is 35.5. The number of carbonyl (C=O) groups excluding carboxylic acids is 1. The Kier molecular flexibility index (Phi) is 5.63. The lowest BCUT2D eigenvalue weighted by atomic mass is 10.1. The molecule has 1 amide bonds. The highest BCUT2D eigenvalue weighted by Gasteiger charge is 2.19. The van der Waals surface area contributed by atoms with Crippen LogP contribution in [0.25, 0.3) is 10.9 Å². The zero-order valence-electron chi connectivity index (χ0n) is 16.5. The summed E-state index contributed by atoms with van der Waals surface area (Å²) in [5.41, 5.74) is 2.76. The van der Waals surface area contributed by atoms with Crippen molar-refractivity contribution in [3.8, 4) is 0 Å². The summed E-state index contributed by atoms with van der Waals surface area (Å²) in [6.07, 6.45) is 1.69. The number of amides is 1. The molecule has 0 unspecified atom stereocenters. The number of aryl methyl sites for hydroxylation is 1. The van der Waals surface area contributed by atoms with Crippen LogP contribution in [0, 0.1) is 6.92 Å². The third kappa shape index (κ3) is 4.68. The number of pyridine rings is 1. The van der Waals surface area contributed by atoms with Crippen LogP contribution in [-0.4, -0.2) is 19.3 Å². The second-order valence-corrected chi connectivity index (χ2v) is 9.07. The van der Waals surface area contributed by atoms with Crippen molar-refractivity contribution in [3.63, 3.8) is 0 Å². The fraction of sp³-hybridized carbons (Fsp3) is 0.0435. The van der Waals surface area contributed by atoms with E-state index in [9.17, 15) is 13.2 Å². The highest BCUT2D eigenvalue weighted by Crippen LogP contribution is 2.25. The van der Waals surface area contributed by atoms with Crippen LogP contribution in [0.3, 0.4) is 0 Å². The number of carbonyl (C=O) groups is 1. The topological polar surface area (TPSA) is 88.2 Å². The third-order valence-corrected chi connectivity index (χ3v) is 6.33. The average Bonchev–Trinajstić information content (AvgIpc) is 2.73. The van der Waals surface area contributed by atoms with E-state index in [4.69, 9.17) is 11.6 Å². The van der Waals surface area contributed by atoms with Crippen LogP contribution in [0.1, 0.15) is 15.9 Å². The molecule has 0 bridgehead atoms. The molecule has 1 heterocycles. The van der Waals surface area contributed by atoms with Gasteiger partial charge >= 0.3 is 0 Å². The minimum atomic E-state index is -3.90. The van der Waals surface area contributed by atoms with E-state index >= 15 is 0 Å². The van der Waals surface area contributed by atoms with Crippen molar-refractivity contribution in [1.82, 2.24) is 4.98 Å². The van der Waals surface area contributed by atoms with E-state index in [-0.39, 0.29) is 15.5 Å². The zero-order chi connectivity index (χ0) is 22.0. The number of aromatic nitrogens is 1. The summed E-state index contributed by atoms with van der Waals surface area (Å²) in [7, 11) is -3.90. The molecule has 4 aromatic rings. The van der Waals surface area contributed by atoms with Crippen molar-refractivity contribution in [2.75, 3.05) is 10.0 Å². The van der Waals surface area contributed by atoms with Crippen LogP contribution in [0.15, 0.2) is 83.9 Å². The number of fused-ring (bicyclic) bond motifs is 1. The Bertz CT molecular complexity index is 1400. The molecule has 156 valence electrons. The normalized spacial score (nSPS) is 11.3. The van der Waals surface area contributed by atoms with Crippen LogP contribution in [0.4, 0.5) is 11.4 Å². The van der Waals surface area contributed by atoms with Crippen molar-refractivity contribution in [2.45, 2.75) is 11.8 Å². The number of hydrogen-bond donors (Lipinski definition) is 2. The van der Waals surface area contributed by atoms with E-state index in [1.165, 1.54) is 18.2 Å². The molecule has 0 aliphatic heterocycles. The lowest BCUT2D eigenvalue weighted by Gasteiger charge is -2.12. The largest absolute Gasteiger partial charge is 0.322 e. The molecule has 31 heavy (non-hydrogen) atoms. The van der Waals surface area contributed by atoms with Crippen molar-refractivity contribution >= 4 is 49.8 Å². The molecule has 0 fully saturated rings. The van der Waals surface area contributed by atoms with Gasteiger partial charge < -0.3 is 5.32 Å². The Morgan fingerprint density at radius 1 is 0.935 bits per heavy atom. The van der Waals surface area contributed by atoms with E-state index in [0.717, 1.165) is 16.5 Å². The van der Waals surface area contributed by atoms with Gasteiger partial charge in [-0.2, -0.15) is 0 Å². The van der Waals surface area contributed by atoms with Gasteiger partial charge in [0.25, 0.3) is 15.9 Å². The monoisotopic (exact) mass is 451 g/mol. The Morgan fingerprint density at radius 3 is 2.58 bits per heavy atom. The molecular weight excluding hydrogens is 434 g/mol. The minimum Gasteiger partial charge on any atom is -0.322 e. The first-order chi connectivity index (χ1) is 14.8. The van der Waals surface area contributed by atoms with Crippen molar-refractivity contribution in [2.24, 2.45) is 0 Å². The van der Waals surface area contributed by atoms with E-state index < -0.39 is 15.9 Å². The first-order valence-corrected chi connectivity index (χ1v) is 11.2. The zero-order valence-corrected chi connectivity index (χ0v) is 18.0. The van der Waals surface area contributed by atoms with Crippen LogP contribution in [0.5, 0.6) is 0 Å². The summed E-state index contributed by atoms with van der Waals surface area (Å²) in [5.74, 6) is -0.513. The molecule has 0 saturated carbocycles. The number of benzene rings is 3. The Labute approximate surface area is 185 Å². The maximum atomic E-state index is 12.8. The molecule has 2 N–H and O–H groups in total. The smallest absolute Gasteiger partial charge is 0.261 e. The molecule has 3 aromatic carbocycles. The van der Waals surface area contributed by atoms with Gasteiger partial charge in [0.15, 0.2) is 0 Å². The highest BCUT2D eigenvalue weighted by molar-refractivity contribution is 7.92. The van der Waals surface area contributed by atoms with Gasteiger partial charge in [0, 0.05) is 23.0 Å². The molecule has 0 saturated heterocycles. The Balaban J connectivity index is 1.61. The van der Waals surface area contributed by atoms with Crippen LogP contribution < -0.4 is 10.0 Å². The molecule has 0 atom stereocenters. The Morgan fingerprint density at radius 2 is 1.77 bits per heavy atom. The van der Waals surface area contributed by atoms with Crippen LogP contribution in [0.2, 0.25) is 5.02 Å². The average molecular weight is 452 g/mol. The number of nitrogens with one attached hydrogen (secondary N) is 2. The number of rotatable bonds is 5. The molecular formula is C23H18ClN3O3S. The van der Waals surface area contributed by atoms with E-state index in [1.807, 2.05) is 19.1 Å². The third-order valence-electron chi connectivity index (χ3n) is 4.62. The van der Waals surface area contributed by atoms with Gasteiger partial charge in [-0.05, 0) is 67.1 Å². The molecule has 4 rings (SSSR count). The van der Waals surface area contributed by atoms with Gasteiger partial charge in [-0.25, -0.2) is 8.42 Å². The molecule has 0 spiro atoms. The number of hydrogen-bond acceptors (Lipinski definition) is 4. The molecule has 1 aromatic heterocycles.